The minimum Gasteiger partial charge on any atom is -0.324 e. The Balaban J connectivity index is 1.83. The van der Waals surface area contributed by atoms with Crippen molar-refractivity contribution in [2.45, 2.75) is 25.8 Å². The van der Waals surface area contributed by atoms with E-state index in [9.17, 15) is 0 Å². The first-order valence-corrected chi connectivity index (χ1v) is 6.29. The van der Waals surface area contributed by atoms with Crippen LogP contribution in [-0.4, -0.2) is 5.54 Å². The van der Waals surface area contributed by atoms with E-state index in [0.717, 1.165) is 23.7 Å². The zero-order chi connectivity index (χ0) is 10.4. The molecule has 4 aliphatic rings. The molecule has 0 aromatic heterocycles. The first-order chi connectivity index (χ1) is 7.10. The third-order valence-electron chi connectivity index (χ3n) is 5.84. The van der Waals surface area contributed by atoms with Crippen LogP contribution in [0.2, 0.25) is 0 Å². The lowest BCUT2D eigenvalue weighted by molar-refractivity contribution is 0.138. The third kappa shape index (κ3) is 0.750. The van der Waals surface area contributed by atoms with Crippen molar-refractivity contribution < 1.29 is 0 Å². The lowest BCUT2D eigenvalue weighted by atomic mass is 9.62. The quantitative estimate of drug-likeness (QED) is 0.598. The second-order valence-electron chi connectivity index (χ2n) is 6.33. The van der Waals surface area contributed by atoms with Gasteiger partial charge in [0.15, 0.2) is 0 Å². The molecular formula is C14H19N. The average molecular weight is 201 g/mol. The molecule has 0 amide bonds. The molecule has 0 aromatic rings. The Hall–Kier alpha value is -0.560. The van der Waals surface area contributed by atoms with Crippen molar-refractivity contribution in [3.63, 3.8) is 0 Å². The maximum atomic E-state index is 6.52. The fourth-order valence-electron chi connectivity index (χ4n) is 4.92. The molecule has 80 valence electrons. The molecule has 7 atom stereocenters. The van der Waals surface area contributed by atoms with Gasteiger partial charge in [-0.2, -0.15) is 0 Å². The van der Waals surface area contributed by atoms with Crippen molar-refractivity contribution in [3.8, 4) is 0 Å². The van der Waals surface area contributed by atoms with Crippen LogP contribution in [0.4, 0.5) is 0 Å². The Morgan fingerprint density at radius 2 is 2.07 bits per heavy atom. The van der Waals surface area contributed by atoms with Gasteiger partial charge in [0.2, 0.25) is 0 Å². The van der Waals surface area contributed by atoms with Gasteiger partial charge in [-0.15, -0.1) is 0 Å². The summed E-state index contributed by atoms with van der Waals surface area (Å²) in [5, 5.41) is 0. The van der Waals surface area contributed by atoms with Crippen molar-refractivity contribution in [2.75, 3.05) is 0 Å². The highest BCUT2D eigenvalue weighted by Gasteiger charge is 2.62. The molecule has 4 aliphatic carbocycles. The summed E-state index contributed by atoms with van der Waals surface area (Å²) in [6.45, 7) is 4.59. The summed E-state index contributed by atoms with van der Waals surface area (Å²) in [6.07, 6.45) is 8.87. The smallest absolute Gasteiger partial charge is 0.0256 e. The highest BCUT2D eigenvalue weighted by Crippen LogP contribution is 2.65. The fraction of sp³-hybridized carbons (Fsp3) is 0.714. The number of fused-ring (bicyclic) bond motifs is 8. The first kappa shape index (κ1) is 8.58. The molecule has 4 bridgehead atoms. The van der Waals surface area contributed by atoms with Crippen LogP contribution in [0.25, 0.3) is 0 Å². The fourth-order valence-corrected chi connectivity index (χ4v) is 4.92. The normalized spacial score (nSPS) is 63.8. The van der Waals surface area contributed by atoms with Crippen molar-refractivity contribution in [3.05, 3.63) is 23.8 Å². The highest BCUT2D eigenvalue weighted by atomic mass is 14.8. The number of hydrogen-bond donors (Lipinski definition) is 1. The lowest BCUT2D eigenvalue weighted by Gasteiger charge is -2.45. The van der Waals surface area contributed by atoms with Crippen LogP contribution in [0.1, 0.15) is 20.3 Å². The number of nitrogens with two attached hydrogens (primary N) is 1. The molecule has 15 heavy (non-hydrogen) atoms. The van der Waals surface area contributed by atoms with Gasteiger partial charge in [-0.25, -0.2) is 0 Å². The largest absolute Gasteiger partial charge is 0.324 e. The van der Waals surface area contributed by atoms with E-state index in [1.54, 1.807) is 5.57 Å². The van der Waals surface area contributed by atoms with Crippen molar-refractivity contribution in [1.82, 2.24) is 0 Å². The standard InChI is InChI=1S/C14H19N/c1-7-10-6-11(14(7,2)15)13-9-4-3-8(5-9)12(10)13/h3-4,6-9,11-13H,5,15H2,1-2H3. The van der Waals surface area contributed by atoms with Crippen LogP contribution >= 0.6 is 0 Å². The zero-order valence-corrected chi connectivity index (χ0v) is 9.48. The Morgan fingerprint density at radius 1 is 1.33 bits per heavy atom. The Morgan fingerprint density at radius 3 is 2.87 bits per heavy atom. The van der Waals surface area contributed by atoms with E-state index in [1.165, 1.54) is 6.42 Å². The SMILES string of the molecule is CC1C2=CC(C3C4C=CC(C4)C23)C1(C)N. The number of rotatable bonds is 0. The minimum absolute atomic E-state index is 0.0365. The van der Waals surface area contributed by atoms with E-state index in [2.05, 4.69) is 32.1 Å². The van der Waals surface area contributed by atoms with Crippen LogP contribution in [0.5, 0.6) is 0 Å². The highest BCUT2D eigenvalue weighted by molar-refractivity contribution is 5.40. The number of hydrogen-bond acceptors (Lipinski definition) is 1. The van der Waals surface area contributed by atoms with Crippen molar-refractivity contribution >= 4 is 0 Å². The second kappa shape index (κ2) is 2.24. The molecule has 4 rings (SSSR count). The number of allylic oxidation sites excluding steroid dienone is 2. The van der Waals surface area contributed by atoms with Gasteiger partial charge in [0.05, 0.1) is 0 Å². The molecule has 0 aromatic carbocycles. The van der Waals surface area contributed by atoms with E-state index < -0.39 is 0 Å². The average Bonchev–Trinajstić information content (AvgIpc) is 2.88. The van der Waals surface area contributed by atoms with Gasteiger partial charge in [-0.3, -0.25) is 0 Å². The Kier molecular flexibility index (Phi) is 1.28. The van der Waals surface area contributed by atoms with E-state index >= 15 is 0 Å². The third-order valence-corrected chi connectivity index (χ3v) is 5.84. The molecule has 1 nitrogen and oxygen atoms in total. The first-order valence-electron chi connectivity index (χ1n) is 6.29. The van der Waals surface area contributed by atoms with Crippen LogP contribution < -0.4 is 5.73 Å². The second-order valence-corrected chi connectivity index (χ2v) is 6.33. The minimum atomic E-state index is 0.0365. The molecule has 7 unspecified atom stereocenters. The summed E-state index contributed by atoms with van der Waals surface area (Å²) in [6, 6.07) is 0. The molecule has 0 spiro atoms. The molecule has 1 saturated carbocycles. The monoisotopic (exact) mass is 201 g/mol. The van der Waals surface area contributed by atoms with Gasteiger partial charge >= 0.3 is 0 Å². The van der Waals surface area contributed by atoms with Crippen LogP contribution in [0.3, 0.4) is 0 Å². The molecule has 0 aliphatic heterocycles. The molecule has 1 fully saturated rings. The van der Waals surface area contributed by atoms with E-state index in [4.69, 9.17) is 5.73 Å². The summed E-state index contributed by atoms with van der Waals surface area (Å²) < 4.78 is 0. The summed E-state index contributed by atoms with van der Waals surface area (Å²) in [4.78, 5) is 0. The van der Waals surface area contributed by atoms with Crippen LogP contribution in [0.15, 0.2) is 23.8 Å². The maximum Gasteiger partial charge on any atom is 0.0256 e. The topological polar surface area (TPSA) is 26.0 Å². The van der Waals surface area contributed by atoms with Crippen LogP contribution in [0, 0.1) is 35.5 Å². The van der Waals surface area contributed by atoms with Gasteiger partial charge in [0.1, 0.15) is 0 Å². The molecule has 0 heterocycles. The molecule has 0 saturated heterocycles. The zero-order valence-electron chi connectivity index (χ0n) is 9.48. The maximum absolute atomic E-state index is 6.52. The summed E-state index contributed by atoms with van der Waals surface area (Å²) in [5.41, 5.74) is 8.26. The summed E-state index contributed by atoms with van der Waals surface area (Å²) in [5.74, 6) is 4.70. The molecule has 2 N–H and O–H groups in total. The van der Waals surface area contributed by atoms with Gasteiger partial charge < -0.3 is 5.73 Å². The molecule has 1 heteroatoms. The Bertz CT molecular complexity index is 390. The van der Waals surface area contributed by atoms with E-state index in [-0.39, 0.29) is 5.54 Å². The van der Waals surface area contributed by atoms with Crippen molar-refractivity contribution in [2.24, 2.45) is 41.2 Å². The molecule has 0 radical (unpaired) electrons. The van der Waals surface area contributed by atoms with Gasteiger partial charge in [-0.1, -0.05) is 30.7 Å². The Labute approximate surface area is 91.4 Å². The lowest BCUT2D eigenvalue weighted by Crippen LogP contribution is -2.53. The van der Waals surface area contributed by atoms with Gasteiger partial charge in [-0.05, 0) is 48.9 Å². The van der Waals surface area contributed by atoms with E-state index in [0.29, 0.717) is 11.8 Å². The van der Waals surface area contributed by atoms with E-state index in [1.807, 2.05) is 0 Å². The predicted molar refractivity (Wildman–Crippen MR) is 61.0 cm³/mol. The van der Waals surface area contributed by atoms with Crippen molar-refractivity contribution in [1.29, 1.82) is 0 Å². The predicted octanol–water partition coefficient (Wildman–Crippen LogP) is 2.35. The van der Waals surface area contributed by atoms with Gasteiger partial charge in [0, 0.05) is 5.54 Å². The van der Waals surface area contributed by atoms with Crippen LogP contribution in [-0.2, 0) is 0 Å². The summed E-state index contributed by atoms with van der Waals surface area (Å²) >= 11 is 0. The summed E-state index contributed by atoms with van der Waals surface area (Å²) in [7, 11) is 0. The molecular weight excluding hydrogens is 182 g/mol. The van der Waals surface area contributed by atoms with Gasteiger partial charge in [0.25, 0.3) is 0 Å².